The molecule has 8 heteroatoms. The molecule has 8 nitrogen and oxygen atoms in total. The van der Waals surface area contributed by atoms with Crippen LogP contribution < -0.4 is 10.6 Å². The van der Waals surface area contributed by atoms with Crippen molar-refractivity contribution in [2.45, 2.75) is 46.6 Å². The van der Waals surface area contributed by atoms with Gasteiger partial charge in [0.2, 0.25) is 0 Å². The van der Waals surface area contributed by atoms with Gasteiger partial charge in [-0.2, -0.15) is 5.10 Å². The summed E-state index contributed by atoms with van der Waals surface area (Å²) in [7, 11) is 0. The Bertz CT molecular complexity index is 819. The minimum Gasteiger partial charge on any atom is -0.383 e. The quantitative estimate of drug-likeness (QED) is 0.886. The molecule has 0 bridgehead atoms. The third-order valence-electron chi connectivity index (χ3n) is 4.82. The van der Waals surface area contributed by atoms with E-state index in [4.69, 9.17) is 10.7 Å². The van der Waals surface area contributed by atoms with Crippen LogP contribution >= 0.6 is 0 Å². The minimum absolute atomic E-state index is 0.0548. The second kappa shape index (κ2) is 7.54. The van der Waals surface area contributed by atoms with Crippen molar-refractivity contribution < 1.29 is 4.79 Å². The molecule has 1 amide bonds. The molecule has 3 heterocycles. The summed E-state index contributed by atoms with van der Waals surface area (Å²) in [4.78, 5) is 26.1. The smallest absolute Gasteiger partial charge is 0.259 e. The summed E-state index contributed by atoms with van der Waals surface area (Å²) in [5.41, 5.74) is 7.57. The molecule has 2 aromatic rings. The van der Waals surface area contributed by atoms with Crippen LogP contribution in [0.5, 0.6) is 0 Å². The molecular formula is C19H29N7O. The van der Waals surface area contributed by atoms with Crippen molar-refractivity contribution >= 4 is 17.5 Å². The zero-order chi connectivity index (χ0) is 19.7. The van der Waals surface area contributed by atoms with Gasteiger partial charge in [0.15, 0.2) is 0 Å². The van der Waals surface area contributed by atoms with E-state index >= 15 is 0 Å². The van der Waals surface area contributed by atoms with Crippen LogP contribution in [0.3, 0.4) is 0 Å². The lowest BCUT2D eigenvalue weighted by atomic mass is 10.2. The van der Waals surface area contributed by atoms with Gasteiger partial charge in [0.25, 0.3) is 5.91 Å². The molecule has 0 radical (unpaired) electrons. The summed E-state index contributed by atoms with van der Waals surface area (Å²) < 4.78 is 1.68. The number of amides is 1. The molecule has 3 rings (SSSR count). The van der Waals surface area contributed by atoms with Crippen LogP contribution in [0.25, 0.3) is 0 Å². The van der Waals surface area contributed by atoms with Crippen molar-refractivity contribution in [3.8, 4) is 0 Å². The zero-order valence-corrected chi connectivity index (χ0v) is 16.8. The molecule has 146 valence electrons. The Morgan fingerprint density at radius 1 is 1.11 bits per heavy atom. The molecule has 0 aliphatic carbocycles. The van der Waals surface area contributed by atoms with E-state index in [-0.39, 0.29) is 17.9 Å². The summed E-state index contributed by atoms with van der Waals surface area (Å²) in [5.74, 6) is 2.46. The molecule has 1 aliphatic heterocycles. The highest BCUT2D eigenvalue weighted by molar-refractivity contribution is 5.98. The van der Waals surface area contributed by atoms with Gasteiger partial charge in [-0.15, -0.1) is 0 Å². The number of piperazine rings is 1. The Morgan fingerprint density at radius 3 is 2.33 bits per heavy atom. The Labute approximate surface area is 160 Å². The topological polar surface area (TPSA) is 93.2 Å². The lowest BCUT2D eigenvalue weighted by molar-refractivity contribution is 0.0747. The average Bonchev–Trinajstić information content (AvgIpc) is 3.02. The number of anilines is 2. The molecule has 0 aromatic carbocycles. The number of aryl methyl sites for hydroxylation is 1. The lowest BCUT2D eigenvalue weighted by Crippen LogP contribution is -2.49. The number of nitrogens with zero attached hydrogens (tertiary/aromatic N) is 6. The summed E-state index contributed by atoms with van der Waals surface area (Å²) >= 11 is 0. The van der Waals surface area contributed by atoms with Gasteiger partial charge in [-0.1, -0.05) is 13.8 Å². The van der Waals surface area contributed by atoms with Gasteiger partial charge in [-0.25, -0.2) is 14.6 Å². The van der Waals surface area contributed by atoms with E-state index in [1.807, 2.05) is 31.7 Å². The number of hydrogen-bond acceptors (Lipinski definition) is 6. The highest BCUT2D eigenvalue weighted by Crippen LogP contribution is 2.21. The van der Waals surface area contributed by atoms with Gasteiger partial charge in [0, 0.05) is 49.9 Å². The van der Waals surface area contributed by atoms with Crippen LogP contribution in [0.2, 0.25) is 0 Å². The number of nitrogens with two attached hydrogens (primary N) is 1. The monoisotopic (exact) mass is 371 g/mol. The predicted molar refractivity (Wildman–Crippen MR) is 106 cm³/mol. The molecule has 0 unspecified atom stereocenters. The largest absolute Gasteiger partial charge is 0.383 e. The van der Waals surface area contributed by atoms with Crippen molar-refractivity contribution in [2.24, 2.45) is 0 Å². The first-order valence-corrected chi connectivity index (χ1v) is 9.50. The van der Waals surface area contributed by atoms with Gasteiger partial charge in [0.05, 0.1) is 6.20 Å². The molecule has 1 fully saturated rings. The number of carbonyl (C=O) groups is 1. The van der Waals surface area contributed by atoms with E-state index in [2.05, 4.69) is 28.8 Å². The highest BCUT2D eigenvalue weighted by atomic mass is 16.2. The summed E-state index contributed by atoms with van der Waals surface area (Å²) in [5, 5.41) is 4.25. The Kier molecular flexibility index (Phi) is 5.34. The van der Waals surface area contributed by atoms with E-state index in [9.17, 15) is 4.79 Å². The Hall–Kier alpha value is -2.64. The summed E-state index contributed by atoms with van der Waals surface area (Å²) in [6.07, 6.45) is 1.58. The first-order valence-electron chi connectivity index (χ1n) is 9.50. The average molecular weight is 371 g/mol. The molecular weight excluding hydrogens is 342 g/mol. The summed E-state index contributed by atoms with van der Waals surface area (Å²) in [6, 6.07) is 2.13. The van der Waals surface area contributed by atoms with Crippen LogP contribution in [0, 0.1) is 6.92 Å². The van der Waals surface area contributed by atoms with Crippen LogP contribution in [-0.4, -0.2) is 56.7 Å². The molecule has 2 aromatic heterocycles. The fourth-order valence-corrected chi connectivity index (χ4v) is 3.25. The standard InChI is InChI=1S/C19H29N7O/c1-12(2)18-22-14(5)10-16(23-18)24-6-8-25(9-7-24)19(27)15-11-21-26(13(3)4)17(15)20/h10-13H,6-9,20H2,1-5H3. The molecule has 1 saturated heterocycles. The van der Waals surface area contributed by atoms with Gasteiger partial charge in [-0.3, -0.25) is 4.79 Å². The van der Waals surface area contributed by atoms with E-state index < -0.39 is 0 Å². The maximum absolute atomic E-state index is 12.8. The van der Waals surface area contributed by atoms with Crippen molar-refractivity contribution in [3.63, 3.8) is 0 Å². The maximum Gasteiger partial charge on any atom is 0.259 e. The second-order valence-electron chi connectivity index (χ2n) is 7.64. The second-order valence-corrected chi connectivity index (χ2v) is 7.64. The molecule has 0 saturated carbocycles. The van der Waals surface area contributed by atoms with Crippen molar-refractivity contribution in [1.82, 2.24) is 24.6 Å². The lowest BCUT2D eigenvalue weighted by Gasteiger charge is -2.35. The Balaban J connectivity index is 1.70. The van der Waals surface area contributed by atoms with Gasteiger partial charge in [-0.05, 0) is 20.8 Å². The molecule has 27 heavy (non-hydrogen) atoms. The first kappa shape index (κ1) is 19.1. The molecule has 2 N–H and O–H groups in total. The van der Waals surface area contributed by atoms with Gasteiger partial charge in [0.1, 0.15) is 23.0 Å². The molecule has 0 atom stereocenters. The first-order chi connectivity index (χ1) is 12.8. The van der Waals surface area contributed by atoms with Crippen molar-refractivity contribution in [2.75, 3.05) is 36.8 Å². The van der Waals surface area contributed by atoms with Crippen LogP contribution in [0.1, 0.15) is 61.5 Å². The van der Waals surface area contributed by atoms with E-state index in [0.29, 0.717) is 24.5 Å². The highest BCUT2D eigenvalue weighted by Gasteiger charge is 2.26. The normalized spacial score (nSPS) is 15.1. The zero-order valence-electron chi connectivity index (χ0n) is 16.8. The van der Waals surface area contributed by atoms with E-state index in [1.165, 1.54) is 0 Å². The molecule has 0 spiro atoms. The molecule has 1 aliphatic rings. The van der Waals surface area contributed by atoms with Crippen LogP contribution in [0.4, 0.5) is 11.6 Å². The fourth-order valence-electron chi connectivity index (χ4n) is 3.25. The van der Waals surface area contributed by atoms with Crippen molar-refractivity contribution in [3.05, 3.63) is 29.3 Å². The van der Waals surface area contributed by atoms with E-state index in [1.54, 1.807) is 10.9 Å². The Morgan fingerprint density at radius 2 is 1.78 bits per heavy atom. The number of aromatic nitrogens is 4. The van der Waals surface area contributed by atoms with Crippen LogP contribution in [-0.2, 0) is 0 Å². The number of hydrogen-bond donors (Lipinski definition) is 1. The third-order valence-corrected chi connectivity index (χ3v) is 4.82. The minimum atomic E-state index is -0.0548. The number of nitrogen functional groups attached to an aromatic ring is 1. The summed E-state index contributed by atoms with van der Waals surface area (Å²) in [6.45, 7) is 12.9. The van der Waals surface area contributed by atoms with Crippen LogP contribution in [0.15, 0.2) is 12.3 Å². The fraction of sp³-hybridized carbons (Fsp3) is 0.579. The van der Waals surface area contributed by atoms with Crippen molar-refractivity contribution in [1.29, 1.82) is 0 Å². The van der Waals surface area contributed by atoms with E-state index in [0.717, 1.165) is 30.4 Å². The van der Waals surface area contributed by atoms with Gasteiger partial charge < -0.3 is 15.5 Å². The predicted octanol–water partition coefficient (Wildman–Crippen LogP) is 2.23. The number of carbonyl (C=O) groups excluding carboxylic acids is 1. The SMILES string of the molecule is Cc1cc(N2CCN(C(=O)c3cnn(C(C)C)c3N)CC2)nc(C(C)C)n1. The number of rotatable bonds is 4. The third kappa shape index (κ3) is 3.89. The van der Waals surface area contributed by atoms with Gasteiger partial charge >= 0.3 is 0 Å². The maximum atomic E-state index is 12.8.